The second kappa shape index (κ2) is 8.76. The lowest BCUT2D eigenvalue weighted by atomic mass is 9.85. The minimum atomic E-state index is -0.412. The molecule has 136 valence electrons. The average molecular weight is 398 g/mol. The van der Waals surface area contributed by atoms with E-state index in [4.69, 9.17) is 11.6 Å². The molecular formula is C20H16ClN3O2S. The maximum absolute atomic E-state index is 12.2. The van der Waals surface area contributed by atoms with Crippen molar-refractivity contribution in [3.8, 4) is 6.07 Å². The molecule has 3 rings (SSSR count). The Morgan fingerprint density at radius 3 is 2.63 bits per heavy atom. The van der Waals surface area contributed by atoms with Crippen molar-refractivity contribution in [1.82, 2.24) is 5.32 Å². The molecule has 0 aliphatic carbocycles. The highest BCUT2D eigenvalue weighted by molar-refractivity contribution is 8.14. The van der Waals surface area contributed by atoms with E-state index in [1.807, 2.05) is 30.3 Å². The first kappa shape index (κ1) is 19.0. The van der Waals surface area contributed by atoms with Crippen molar-refractivity contribution in [2.24, 2.45) is 0 Å². The van der Waals surface area contributed by atoms with Gasteiger partial charge in [-0.15, -0.1) is 0 Å². The summed E-state index contributed by atoms with van der Waals surface area (Å²) in [6, 6.07) is 18.4. The molecule has 0 radical (unpaired) electrons. The number of nitriles is 1. The van der Waals surface area contributed by atoms with E-state index in [-0.39, 0.29) is 23.3 Å². The summed E-state index contributed by atoms with van der Waals surface area (Å²) >= 11 is 7.25. The first-order valence-corrected chi connectivity index (χ1v) is 9.61. The summed E-state index contributed by atoms with van der Waals surface area (Å²) < 4.78 is 0. The molecule has 1 aliphatic heterocycles. The molecule has 0 fully saturated rings. The second-order valence-electron chi connectivity index (χ2n) is 5.90. The topological polar surface area (TPSA) is 82.0 Å². The Balaban J connectivity index is 1.77. The van der Waals surface area contributed by atoms with Crippen LogP contribution in [0.2, 0.25) is 5.02 Å². The number of amides is 2. The van der Waals surface area contributed by atoms with Crippen LogP contribution in [0.3, 0.4) is 0 Å². The maximum Gasteiger partial charge on any atom is 0.283 e. The van der Waals surface area contributed by atoms with E-state index in [1.54, 1.807) is 24.3 Å². The molecule has 0 aromatic heterocycles. The Morgan fingerprint density at radius 1 is 1.22 bits per heavy atom. The summed E-state index contributed by atoms with van der Waals surface area (Å²) in [6.07, 6.45) is 0.150. The predicted octanol–water partition coefficient (Wildman–Crippen LogP) is 4.69. The number of anilines is 1. The van der Waals surface area contributed by atoms with Gasteiger partial charge in [0.15, 0.2) is 0 Å². The van der Waals surface area contributed by atoms with E-state index in [1.165, 1.54) is 0 Å². The molecule has 0 bridgehead atoms. The van der Waals surface area contributed by atoms with Gasteiger partial charge in [0.2, 0.25) is 5.91 Å². The third-order valence-electron chi connectivity index (χ3n) is 4.12. The smallest absolute Gasteiger partial charge is 0.283 e. The number of thioether (sulfide) groups is 1. The first-order chi connectivity index (χ1) is 13.1. The van der Waals surface area contributed by atoms with E-state index in [9.17, 15) is 14.9 Å². The van der Waals surface area contributed by atoms with Gasteiger partial charge in [-0.1, -0.05) is 59.8 Å². The zero-order chi connectivity index (χ0) is 19.2. The number of allylic oxidation sites excluding steroid dienone is 1. The standard InChI is InChI=1S/C20H16ClN3O2S/c21-17-9-5-4-8-14(17)15-10-19(25)24-18(16(15)11-22)12-27-20(26)23-13-6-2-1-3-7-13/h1-9,15H,10,12H2,(H,23,26)(H,24,25). The SMILES string of the molecule is N#CC1=C(CSC(=O)Nc2ccccc2)NC(=O)CC1c1ccccc1Cl. The summed E-state index contributed by atoms with van der Waals surface area (Å²) in [5.41, 5.74) is 2.31. The highest BCUT2D eigenvalue weighted by atomic mass is 35.5. The minimum Gasteiger partial charge on any atom is -0.328 e. The van der Waals surface area contributed by atoms with Crippen LogP contribution in [0.25, 0.3) is 0 Å². The van der Waals surface area contributed by atoms with Crippen LogP contribution >= 0.6 is 23.4 Å². The highest BCUT2D eigenvalue weighted by Crippen LogP contribution is 2.36. The van der Waals surface area contributed by atoms with Crippen molar-refractivity contribution in [3.05, 3.63) is 76.5 Å². The number of carbonyl (C=O) groups excluding carboxylic acids is 2. The van der Waals surface area contributed by atoms with Crippen LogP contribution in [0.15, 0.2) is 65.9 Å². The Kier molecular flexibility index (Phi) is 6.17. The summed E-state index contributed by atoms with van der Waals surface area (Å²) in [5, 5.41) is 15.4. The lowest BCUT2D eigenvalue weighted by molar-refractivity contribution is -0.121. The van der Waals surface area contributed by atoms with Crippen molar-refractivity contribution in [2.45, 2.75) is 12.3 Å². The molecule has 27 heavy (non-hydrogen) atoms. The second-order valence-corrected chi connectivity index (χ2v) is 7.25. The number of nitrogens with zero attached hydrogens (tertiary/aromatic N) is 1. The van der Waals surface area contributed by atoms with Crippen LogP contribution in [0, 0.1) is 11.3 Å². The van der Waals surface area contributed by atoms with Crippen molar-refractivity contribution >= 4 is 40.2 Å². The number of para-hydroxylation sites is 1. The largest absolute Gasteiger partial charge is 0.328 e. The molecule has 1 unspecified atom stereocenters. The molecule has 0 spiro atoms. The van der Waals surface area contributed by atoms with Crippen LogP contribution in [0.1, 0.15) is 17.9 Å². The fraction of sp³-hybridized carbons (Fsp3) is 0.150. The minimum absolute atomic E-state index is 0.150. The molecule has 1 aliphatic rings. The maximum atomic E-state index is 12.2. The van der Waals surface area contributed by atoms with Crippen LogP contribution in [-0.2, 0) is 4.79 Å². The number of benzene rings is 2. The van der Waals surface area contributed by atoms with Gasteiger partial charge >= 0.3 is 0 Å². The quantitative estimate of drug-likeness (QED) is 0.784. The fourth-order valence-electron chi connectivity index (χ4n) is 2.88. The van der Waals surface area contributed by atoms with E-state index in [0.29, 0.717) is 22.0 Å². The Morgan fingerprint density at radius 2 is 1.93 bits per heavy atom. The normalized spacial score (nSPS) is 16.4. The van der Waals surface area contributed by atoms with Crippen molar-refractivity contribution in [2.75, 3.05) is 11.1 Å². The number of hydrogen-bond donors (Lipinski definition) is 2. The average Bonchev–Trinajstić information content (AvgIpc) is 2.67. The molecule has 2 N–H and O–H groups in total. The van der Waals surface area contributed by atoms with Gasteiger partial charge in [0.25, 0.3) is 5.24 Å². The van der Waals surface area contributed by atoms with Crippen molar-refractivity contribution < 1.29 is 9.59 Å². The number of halogens is 1. The molecule has 5 nitrogen and oxygen atoms in total. The molecule has 0 saturated heterocycles. The highest BCUT2D eigenvalue weighted by Gasteiger charge is 2.30. The van der Waals surface area contributed by atoms with Gasteiger partial charge in [-0.2, -0.15) is 5.26 Å². The third-order valence-corrected chi connectivity index (χ3v) is 5.26. The zero-order valence-corrected chi connectivity index (χ0v) is 15.8. The summed E-state index contributed by atoms with van der Waals surface area (Å²) in [4.78, 5) is 24.3. The monoisotopic (exact) mass is 397 g/mol. The molecular weight excluding hydrogens is 382 g/mol. The molecule has 7 heteroatoms. The van der Waals surface area contributed by atoms with Gasteiger partial charge in [0, 0.05) is 34.5 Å². The first-order valence-electron chi connectivity index (χ1n) is 8.24. The van der Waals surface area contributed by atoms with Gasteiger partial charge in [-0.3, -0.25) is 9.59 Å². The summed E-state index contributed by atoms with van der Waals surface area (Å²) in [7, 11) is 0. The van der Waals surface area contributed by atoms with Gasteiger partial charge in [-0.05, 0) is 23.8 Å². The van der Waals surface area contributed by atoms with Crippen LogP contribution < -0.4 is 10.6 Å². The Hall–Kier alpha value is -2.75. The summed E-state index contributed by atoms with van der Waals surface area (Å²) in [5.74, 6) is -0.419. The van der Waals surface area contributed by atoms with E-state index >= 15 is 0 Å². The molecule has 1 atom stereocenters. The van der Waals surface area contributed by atoms with E-state index in [0.717, 1.165) is 17.3 Å². The lowest BCUT2D eigenvalue weighted by Crippen LogP contribution is -2.33. The van der Waals surface area contributed by atoms with Crippen LogP contribution in [0.4, 0.5) is 10.5 Å². The number of nitrogens with one attached hydrogen (secondary N) is 2. The molecule has 2 aromatic rings. The van der Waals surface area contributed by atoms with E-state index < -0.39 is 5.92 Å². The molecule has 1 heterocycles. The molecule has 0 saturated carbocycles. The Labute approximate surface area is 166 Å². The van der Waals surface area contributed by atoms with Gasteiger partial charge in [0.1, 0.15) is 0 Å². The van der Waals surface area contributed by atoms with Crippen LogP contribution in [-0.4, -0.2) is 16.9 Å². The van der Waals surface area contributed by atoms with Gasteiger partial charge in [0.05, 0.1) is 11.6 Å². The molecule has 2 amide bonds. The van der Waals surface area contributed by atoms with Crippen molar-refractivity contribution in [3.63, 3.8) is 0 Å². The zero-order valence-electron chi connectivity index (χ0n) is 14.2. The van der Waals surface area contributed by atoms with Crippen molar-refractivity contribution in [1.29, 1.82) is 5.26 Å². The Bertz CT molecular complexity index is 938. The summed E-state index contributed by atoms with van der Waals surface area (Å²) in [6.45, 7) is 0. The fourth-order valence-corrected chi connectivity index (χ4v) is 3.84. The number of rotatable bonds is 4. The van der Waals surface area contributed by atoms with Crippen LogP contribution in [0.5, 0.6) is 0 Å². The predicted molar refractivity (Wildman–Crippen MR) is 108 cm³/mol. The third kappa shape index (κ3) is 4.70. The van der Waals surface area contributed by atoms with E-state index in [2.05, 4.69) is 16.7 Å². The van der Waals surface area contributed by atoms with Gasteiger partial charge < -0.3 is 10.6 Å². The molecule has 2 aromatic carbocycles. The van der Waals surface area contributed by atoms with Gasteiger partial charge in [-0.25, -0.2) is 0 Å². The number of hydrogen-bond acceptors (Lipinski definition) is 4. The number of carbonyl (C=O) groups is 2. The lowest BCUT2D eigenvalue weighted by Gasteiger charge is -2.26.